The summed E-state index contributed by atoms with van der Waals surface area (Å²) in [6, 6.07) is 9.98. The number of carbonyl (C=O) groups excluding carboxylic acids is 1. The van der Waals surface area contributed by atoms with Gasteiger partial charge < -0.3 is 10.4 Å². The summed E-state index contributed by atoms with van der Waals surface area (Å²) in [4.78, 5) is 13.2. The van der Waals surface area contributed by atoms with E-state index in [0.29, 0.717) is 18.8 Å². The molecule has 1 heterocycles. The first-order valence-electron chi connectivity index (χ1n) is 9.48. The van der Waals surface area contributed by atoms with Crippen LogP contribution in [0.15, 0.2) is 48.5 Å². The van der Waals surface area contributed by atoms with Crippen molar-refractivity contribution in [1.82, 2.24) is 10.0 Å². The Bertz CT molecular complexity index is 908. The monoisotopic (exact) mass is 418 g/mol. The average Bonchev–Trinajstić information content (AvgIpc) is 2.74. The van der Waals surface area contributed by atoms with E-state index in [1.807, 2.05) is 6.19 Å². The van der Waals surface area contributed by atoms with Gasteiger partial charge in [0, 0.05) is 18.7 Å². The van der Waals surface area contributed by atoms with Gasteiger partial charge >= 0.3 is 6.18 Å². The molecule has 30 heavy (non-hydrogen) atoms. The van der Waals surface area contributed by atoms with E-state index in [9.17, 15) is 28.3 Å². The molecule has 2 N–H and O–H groups in total. The molecule has 0 aromatic heterocycles. The van der Waals surface area contributed by atoms with Crippen molar-refractivity contribution < 1.29 is 23.1 Å². The molecule has 3 rings (SSSR count). The van der Waals surface area contributed by atoms with E-state index in [0.717, 1.165) is 30.5 Å². The van der Waals surface area contributed by atoms with Crippen molar-refractivity contribution in [2.75, 3.05) is 18.4 Å². The smallest absolute Gasteiger partial charge is 0.416 e. The van der Waals surface area contributed by atoms with E-state index in [4.69, 9.17) is 0 Å². The largest absolute Gasteiger partial charge is 0.508 e. The molecule has 1 aliphatic rings. The number of hydrogen-bond acceptors (Lipinski definition) is 5. The number of benzene rings is 2. The summed E-state index contributed by atoms with van der Waals surface area (Å²) < 4.78 is 38.5. The molecular formula is C21H21F3N4O2. The van der Waals surface area contributed by atoms with E-state index < -0.39 is 17.8 Å². The highest BCUT2D eigenvalue weighted by molar-refractivity contribution is 5.85. The van der Waals surface area contributed by atoms with Gasteiger partial charge in [0.2, 0.25) is 0 Å². The van der Waals surface area contributed by atoms with E-state index in [1.54, 1.807) is 12.1 Å². The zero-order chi connectivity index (χ0) is 21.7. The van der Waals surface area contributed by atoms with Crippen molar-refractivity contribution in [3.63, 3.8) is 0 Å². The average molecular weight is 418 g/mol. The van der Waals surface area contributed by atoms with Crippen molar-refractivity contribution in [2.24, 2.45) is 0 Å². The van der Waals surface area contributed by atoms with Crippen LogP contribution in [0.4, 0.5) is 18.9 Å². The summed E-state index contributed by atoms with van der Waals surface area (Å²) in [5, 5.41) is 24.5. The fraction of sp³-hybridized carbons (Fsp3) is 0.333. The van der Waals surface area contributed by atoms with Gasteiger partial charge in [0.05, 0.1) is 12.1 Å². The molecule has 1 amide bonds. The molecule has 1 atom stereocenters. The van der Waals surface area contributed by atoms with Crippen LogP contribution in [0.1, 0.15) is 24.0 Å². The predicted octanol–water partition coefficient (Wildman–Crippen LogP) is 3.75. The molecule has 158 valence electrons. The highest BCUT2D eigenvalue weighted by atomic mass is 19.4. The minimum Gasteiger partial charge on any atom is -0.508 e. The quantitative estimate of drug-likeness (QED) is 0.723. The number of amides is 1. The summed E-state index contributed by atoms with van der Waals surface area (Å²) in [5.41, 5.74) is 0.341. The van der Waals surface area contributed by atoms with Gasteiger partial charge in [0.15, 0.2) is 6.19 Å². The van der Waals surface area contributed by atoms with Gasteiger partial charge in [-0.25, -0.2) is 10.0 Å². The van der Waals surface area contributed by atoms with Crippen LogP contribution in [0.2, 0.25) is 0 Å². The van der Waals surface area contributed by atoms with Gasteiger partial charge in [0.1, 0.15) is 11.8 Å². The van der Waals surface area contributed by atoms with Crippen molar-refractivity contribution in [2.45, 2.75) is 31.5 Å². The number of hydrazine groups is 1. The van der Waals surface area contributed by atoms with Gasteiger partial charge in [-0.2, -0.15) is 18.4 Å². The van der Waals surface area contributed by atoms with Crippen LogP contribution < -0.4 is 5.32 Å². The number of phenols is 1. The van der Waals surface area contributed by atoms with Crippen LogP contribution in [0, 0.1) is 11.5 Å². The number of nitriles is 1. The number of carbonyl (C=O) groups is 1. The standard InChI is InChI=1S/C21H21F3N4O2/c22-21(23,24)16-5-7-17(8-6-16)26-19(13-15-3-9-18(29)10-4-15)20(30)28-12-2-1-11-27(28)14-25/h3-10,19,26,29H,1-2,11-13H2. The Morgan fingerprint density at radius 2 is 1.73 bits per heavy atom. The van der Waals surface area contributed by atoms with Crippen molar-refractivity contribution >= 4 is 11.6 Å². The Morgan fingerprint density at radius 1 is 1.10 bits per heavy atom. The number of alkyl halides is 3. The number of aromatic hydroxyl groups is 1. The van der Waals surface area contributed by atoms with E-state index in [1.165, 1.54) is 34.3 Å². The van der Waals surface area contributed by atoms with Crippen LogP contribution in [0.25, 0.3) is 0 Å². The van der Waals surface area contributed by atoms with E-state index in [2.05, 4.69) is 5.32 Å². The van der Waals surface area contributed by atoms with Crippen LogP contribution in [-0.2, 0) is 17.4 Å². The maximum atomic E-state index is 13.2. The summed E-state index contributed by atoms with van der Waals surface area (Å²) >= 11 is 0. The first-order valence-corrected chi connectivity index (χ1v) is 9.48. The molecule has 0 radical (unpaired) electrons. The normalized spacial score (nSPS) is 15.4. The summed E-state index contributed by atoms with van der Waals surface area (Å²) in [5.74, 6) is -0.256. The first-order chi connectivity index (χ1) is 14.3. The molecule has 2 aromatic carbocycles. The summed E-state index contributed by atoms with van der Waals surface area (Å²) in [6.45, 7) is 0.835. The molecule has 1 aliphatic heterocycles. The molecule has 1 saturated heterocycles. The van der Waals surface area contributed by atoms with Gasteiger partial charge in [-0.15, -0.1) is 0 Å². The summed E-state index contributed by atoms with van der Waals surface area (Å²) in [6.07, 6.45) is -0.652. The molecule has 0 saturated carbocycles. The van der Waals surface area contributed by atoms with Crippen LogP contribution in [0.5, 0.6) is 5.75 Å². The van der Waals surface area contributed by atoms with Crippen molar-refractivity contribution in [1.29, 1.82) is 5.26 Å². The lowest BCUT2D eigenvalue weighted by Gasteiger charge is -2.37. The van der Waals surface area contributed by atoms with Gasteiger partial charge in [-0.05, 0) is 54.8 Å². The van der Waals surface area contributed by atoms with Crippen LogP contribution >= 0.6 is 0 Å². The number of phenolic OH excluding ortho intramolecular Hbond substituents is 1. The zero-order valence-corrected chi connectivity index (χ0v) is 16.1. The molecular weight excluding hydrogens is 397 g/mol. The molecule has 2 aromatic rings. The van der Waals surface area contributed by atoms with Gasteiger partial charge in [-0.1, -0.05) is 12.1 Å². The lowest BCUT2D eigenvalue weighted by molar-refractivity contribution is -0.147. The molecule has 0 spiro atoms. The third-order valence-corrected chi connectivity index (χ3v) is 4.88. The SMILES string of the molecule is N#CN1CCCCN1C(=O)C(Cc1ccc(O)cc1)Nc1ccc(C(F)(F)F)cc1. The first kappa shape index (κ1) is 21.3. The highest BCUT2D eigenvalue weighted by Gasteiger charge is 2.32. The molecule has 0 bridgehead atoms. The Labute approximate surface area is 172 Å². The van der Waals surface area contributed by atoms with Gasteiger partial charge in [-0.3, -0.25) is 4.79 Å². The number of rotatable bonds is 5. The lowest BCUT2D eigenvalue weighted by atomic mass is 10.0. The number of nitrogens with zero attached hydrogens (tertiary/aromatic N) is 3. The van der Waals surface area contributed by atoms with Gasteiger partial charge in [0.25, 0.3) is 5.91 Å². The van der Waals surface area contributed by atoms with Crippen LogP contribution in [-0.4, -0.2) is 40.2 Å². The number of hydrogen-bond donors (Lipinski definition) is 2. The maximum Gasteiger partial charge on any atom is 0.416 e. The topological polar surface area (TPSA) is 79.6 Å². The second-order valence-corrected chi connectivity index (χ2v) is 7.03. The second kappa shape index (κ2) is 8.95. The zero-order valence-electron chi connectivity index (χ0n) is 16.1. The number of halogens is 3. The lowest BCUT2D eigenvalue weighted by Crippen LogP contribution is -2.53. The minimum atomic E-state index is -4.44. The van der Waals surface area contributed by atoms with Crippen LogP contribution in [0.3, 0.4) is 0 Å². The molecule has 0 aliphatic carbocycles. The third-order valence-electron chi connectivity index (χ3n) is 4.88. The van der Waals surface area contributed by atoms with Crippen molar-refractivity contribution in [3.05, 3.63) is 59.7 Å². The third kappa shape index (κ3) is 5.14. The molecule has 9 heteroatoms. The molecule has 1 unspecified atom stereocenters. The molecule has 6 nitrogen and oxygen atoms in total. The van der Waals surface area contributed by atoms with E-state index >= 15 is 0 Å². The Balaban J connectivity index is 1.84. The predicted molar refractivity (Wildman–Crippen MR) is 104 cm³/mol. The minimum absolute atomic E-state index is 0.0870. The Morgan fingerprint density at radius 3 is 2.33 bits per heavy atom. The van der Waals surface area contributed by atoms with E-state index in [-0.39, 0.29) is 18.1 Å². The second-order valence-electron chi connectivity index (χ2n) is 7.03. The summed E-state index contributed by atoms with van der Waals surface area (Å²) in [7, 11) is 0. The highest BCUT2D eigenvalue weighted by Crippen LogP contribution is 2.30. The Hall–Kier alpha value is -3.41. The molecule has 1 fully saturated rings. The van der Waals surface area contributed by atoms with Crippen molar-refractivity contribution in [3.8, 4) is 11.9 Å². The number of anilines is 1. The number of nitrogens with one attached hydrogen (secondary N) is 1. The fourth-order valence-electron chi connectivity index (χ4n) is 3.30. The maximum absolute atomic E-state index is 13.2. The fourth-order valence-corrected chi connectivity index (χ4v) is 3.30. The Kier molecular flexibility index (Phi) is 6.35.